The summed E-state index contributed by atoms with van der Waals surface area (Å²) in [6, 6.07) is 18.0. The molecule has 0 radical (unpaired) electrons. The largest absolute Gasteiger partial charge is 0.493 e. The zero-order valence-corrected chi connectivity index (χ0v) is 25.5. The van der Waals surface area contributed by atoms with Gasteiger partial charge in [0.25, 0.3) is 0 Å². The first-order chi connectivity index (χ1) is 19.1. The molecule has 2 nitrogen and oxygen atoms in total. The van der Waals surface area contributed by atoms with Crippen molar-refractivity contribution in [3.63, 3.8) is 0 Å². The van der Waals surface area contributed by atoms with Crippen LogP contribution in [0.5, 0.6) is 0 Å². The van der Waals surface area contributed by atoms with Gasteiger partial charge in [0.05, 0.1) is 0 Å². The molecule has 0 saturated heterocycles. The van der Waals surface area contributed by atoms with Crippen molar-refractivity contribution in [3.05, 3.63) is 87.5 Å². The highest BCUT2D eigenvalue weighted by Crippen LogP contribution is 2.44. The summed E-state index contributed by atoms with van der Waals surface area (Å²) in [7, 11) is 0. The summed E-state index contributed by atoms with van der Waals surface area (Å²) in [6.07, 6.45) is 20.4. The van der Waals surface area contributed by atoms with Crippen molar-refractivity contribution in [2.45, 2.75) is 137 Å². The van der Waals surface area contributed by atoms with Gasteiger partial charge in [-0.05, 0) is 86.8 Å². The molecule has 0 spiro atoms. The zero-order valence-electron chi connectivity index (χ0n) is 25.5. The maximum absolute atomic E-state index is 11.9. The van der Waals surface area contributed by atoms with E-state index in [0.717, 1.165) is 61.0 Å². The van der Waals surface area contributed by atoms with Crippen molar-refractivity contribution in [2.24, 2.45) is 0 Å². The van der Waals surface area contributed by atoms with Crippen molar-refractivity contribution in [1.82, 2.24) is 0 Å². The number of unbranched alkanes of at least 4 members (excludes halogenated alkanes) is 9. The molecule has 0 unspecified atom stereocenters. The van der Waals surface area contributed by atoms with Crippen molar-refractivity contribution in [3.8, 4) is 0 Å². The number of nitrogens with zero attached hydrogens (tertiary/aromatic N) is 2. The second kappa shape index (κ2) is 17.3. The predicted molar refractivity (Wildman–Crippen MR) is 170 cm³/mol. The maximum atomic E-state index is 11.9. The fraction of sp³-hybridized carbons (Fsp3) is 0.568. The summed E-state index contributed by atoms with van der Waals surface area (Å²) in [5, 5.41) is 0. The first-order valence-electron chi connectivity index (χ1n) is 16.3. The molecule has 2 heteroatoms. The summed E-state index contributed by atoms with van der Waals surface area (Å²) >= 11 is 0. The predicted octanol–water partition coefficient (Wildman–Crippen LogP) is 11.9. The maximum Gasteiger partial charge on any atom is 0.211 e. The van der Waals surface area contributed by atoms with Gasteiger partial charge in [-0.15, -0.1) is 0 Å². The van der Waals surface area contributed by atoms with Crippen molar-refractivity contribution in [2.75, 3.05) is 0 Å². The molecular weight excluding hydrogens is 472 g/mol. The zero-order chi connectivity index (χ0) is 27.9. The summed E-state index contributed by atoms with van der Waals surface area (Å²) in [6.45, 7) is 9.08. The van der Waals surface area contributed by atoms with Gasteiger partial charge in [0.15, 0.2) is 0 Å². The van der Waals surface area contributed by atoms with Crippen LogP contribution in [0.25, 0.3) is 16.9 Å². The van der Waals surface area contributed by atoms with Crippen molar-refractivity contribution < 1.29 is 4.70 Å². The van der Waals surface area contributed by atoms with E-state index in [0.29, 0.717) is 0 Å². The Morgan fingerprint density at radius 2 is 0.897 bits per heavy atom. The molecule has 1 heterocycles. The number of hydrogen-bond donors (Lipinski definition) is 0. The third-order valence-electron chi connectivity index (χ3n) is 8.21. The van der Waals surface area contributed by atoms with Gasteiger partial charge in [-0.2, -0.15) is 0 Å². The monoisotopic (exact) mass is 526 g/mol. The Kier molecular flexibility index (Phi) is 13.7. The van der Waals surface area contributed by atoms with E-state index >= 15 is 0 Å². The molecule has 212 valence electrons. The van der Waals surface area contributed by atoms with Crippen LogP contribution in [0.1, 0.15) is 146 Å². The van der Waals surface area contributed by atoms with E-state index in [1.807, 2.05) is 0 Å². The molecule has 0 N–H and O–H groups in total. The van der Waals surface area contributed by atoms with Crippen LogP contribution in [0.3, 0.4) is 0 Å². The molecule has 0 saturated carbocycles. The number of allylic oxidation sites excluding steroid dienone is 2. The summed E-state index contributed by atoms with van der Waals surface area (Å²) < 4.78 is 1.57. The normalized spacial score (nSPS) is 13.7. The molecule has 1 aliphatic heterocycles. The van der Waals surface area contributed by atoms with Crippen LogP contribution in [0.15, 0.2) is 59.7 Å². The SMILES string of the molecule is CCCCCCc1cccc(C2=C(CCCC)C(CCCCC)=C(c3cccc(CCCCCC)c3)[N+]2=[N-])c1. The molecule has 2 aromatic rings. The molecule has 0 aliphatic carbocycles. The number of rotatable bonds is 19. The Hall–Kier alpha value is -2.48. The van der Waals surface area contributed by atoms with E-state index < -0.39 is 0 Å². The molecular formula is C37H54N2. The Morgan fingerprint density at radius 3 is 1.36 bits per heavy atom. The number of aryl methyl sites for hydroxylation is 2. The highest BCUT2D eigenvalue weighted by molar-refractivity contribution is 5.82. The summed E-state index contributed by atoms with van der Waals surface area (Å²) in [5.74, 6) is 0. The molecule has 39 heavy (non-hydrogen) atoms. The molecule has 0 bridgehead atoms. The van der Waals surface area contributed by atoms with Gasteiger partial charge in [-0.1, -0.05) is 110 Å². The van der Waals surface area contributed by atoms with Crippen LogP contribution < -0.4 is 0 Å². The standard InChI is InChI=1S/C37H54N2/c1-5-9-13-16-20-30-22-18-24-32(28-30)36-34(26-12-8-4)35(27-15-11-7-3)37(39(36)38)33-25-19-23-31(29-33)21-17-14-10-6-2/h18-19,22-25,28-29H,5-17,20-21,26-27H2,1-4H3. The minimum atomic E-state index is 1.02. The molecule has 0 aromatic heterocycles. The third kappa shape index (κ3) is 9.02. The first kappa shape index (κ1) is 31.1. The highest BCUT2D eigenvalue weighted by Gasteiger charge is 2.35. The van der Waals surface area contributed by atoms with Crippen LogP contribution in [0, 0.1) is 0 Å². The molecule has 0 fully saturated rings. The molecule has 2 aromatic carbocycles. The van der Waals surface area contributed by atoms with Crippen LogP contribution in [-0.2, 0) is 12.8 Å². The fourth-order valence-corrected chi connectivity index (χ4v) is 5.95. The third-order valence-corrected chi connectivity index (χ3v) is 8.21. The van der Waals surface area contributed by atoms with E-state index in [-0.39, 0.29) is 0 Å². The van der Waals surface area contributed by atoms with Crippen LogP contribution in [-0.4, -0.2) is 4.70 Å². The fourth-order valence-electron chi connectivity index (χ4n) is 5.95. The van der Waals surface area contributed by atoms with E-state index in [4.69, 9.17) is 0 Å². The van der Waals surface area contributed by atoms with Gasteiger partial charge in [-0.25, -0.2) is 4.70 Å². The average molecular weight is 527 g/mol. The molecule has 1 aliphatic rings. The topological polar surface area (TPSA) is 25.3 Å². The Bertz CT molecular complexity index is 1100. The Labute approximate surface area is 240 Å². The molecule has 3 rings (SSSR count). The summed E-state index contributed by atoms with van der Waals surface area (Å²) in [4.78, 5) is 0. The van der Waals surface area contributed by atoms with Gasteiger partial charge in [0.1, 0.15) is 0 Å². The highest BCUT2D eigenvalue weighted by atomic mass is 15.2. The molecule has 0 atom stereocenters. The van der Waals surface area contributed by atoms with Crippen molar-refractivity contribution in [1.29, 1.82) is 0 Å². The van der Waals surface area contributed by atoms with Gasteiger partial charge < -0.3 is 5.53 Å². The smallest absolute Gasteiger partial charge is 0.211 e. The lowest BCUT2D eigenvalue weighted by atomic mass is 9.91. The first-order valence-corrected chi connectivity index (χ1v) is 16.3. The quantitative estimate of drug-likeness (QED) is 0.128. The van der Waals surface area contributed by atoms with Crippen LogP contribution in [0.2, 0.25) is 0 Å². The van der Waals surface area contributed by atoms with Crippen molar-refractivity contribution >= 4 is 11.4 Å². The molecule has 0 amide bonds. The minimum absolute atomic E-state index is 1.02. The second-order valence-corrected chi connectivity index (χ2v) is 11.5. The van der Waals surface area contributed by atoms with Gasteiger partial charge in [-0.3, -0.25) is 0 Å². The van der Waals surface area contributed by atoms with Crippen LogP contribution >= 0.6 is 0 Å². The average Bonchev–Trinajstić information content (AvgIpc) is 3.23. The summed E-state index contributed by atoms with van der Waals surface area (Å²) in [5.41, 5.74) is 21.8. The minimum Gasteiger partial charge on any atom is -0.493 e. The van der Waals surface area contributed by atoms with Gasteiger partial charge in [0.2, 0.25) is 11.4 Å². The lowest BCUT2D eigenvalue weighted by Crippen LogP contribution is -2.03. The van der Waals surface area contributed by atoms with Crippen LogP contribution in [0.4, 0.5) is 0 Å². The van der Waals surface area contributed by atoms with Gasteiger partial charge in [0, 0.05) is 22.3 Å². The second-order valence-electron chi connectivity index (χ2n) is 11.5. The van der Waals surface area contributed by atoms with E-state index in [2.05, 4.69) is 76.2 Å². The number of hydrogen-bond acceptors (Lipinski definition) is 0. The lowest BCUT2D eigenvalue weighted by Gasteiger charge is -2.12. The van der Waals surface area contributed by atoms with E-state index in [1.54, 1.807) is 4.70 Å². The van der Waals surface area contributed by atoms with Gasteiger partial charge >= 0.3 is 0 Å². The van der Waals surface area contributed by atoms with E-state index in [1.165, 1.54) is 92.9 Å². The number of benzene rings is 2. The lowest BCUT2D eigenvalue weighted by molar-refractivity contribution is -0.345. The Morgan fingerprint density at radius 1 is 0.487 bits per heavy atom. The Balaban J connectivity index is 1.99. The van der Waals surface area contributed by atoms with E-state index in [9.17, 15) is 5.53 Å².